The molecule has 6 rings (SSSR count). The van der Waals surface area contributed by atoms with E-state index in [0.29, 0.717) is 17.9 Å². The van der Waals surface area contributed by atoms with Gasteiger partial charge in [-0.05, 0) is 90.8 Å². The van der Waals surface area contributed by atoms with Crippen LogP contribution in [0.5, 0.6) is 0 Å². The number of carbonyl (C=O) groups excluding carboxylic acids is 5. The molecule has 6 aromatic carbocycles. The van der Waals surface area contributed by atoms with Crippen LogP contribution in [0.25, 0.3) is 21.5 Å². The molecular formula is C55H67BrIK2N4NaO11. The van der Waals surface area contributed by atoms with Gasteiger partial charge in [0.2, 0.25) is 0 Å². The van der Waals surface area contributed by atoms with Gasteiger partial charge in [0.1, 0.15) is 11.2 Å². The smallest absolute Gasteiger partial charge is 1.00 e. The predicted octanol–water partition coefficient (Wildman–Crippen LogP) is -0.160. The molecule has 20 heteroatoms. The largest absolute Gasteiger partial charge is 1.00 e. The number of fused-ring (bicyclic) bond motifs is 2. The summed E-state index contributed by atoms with van der Waals surface area (Å²) in [5, 5.41) is 22.1. The Labute approximate surface area is 576 Å². The molecule has 15 nitrogen and oxygen atoms in total. The number of nitrogens with zero attached hydrogens (tertiary/aromatic N) is 1. The van der Waals surface area contributed by atoms with E-state index in [1.807, 2.05) is 165 Å². The van der Waals surface area contributed by atoms with Crippen molar-refractivity contribution in [2.75, 3.05) is 35.1 Å². The topological polar surface area (TPSA) is 194 Å². The maximum atomic E-state index is 12.4. The summed E-state index contributed by atoms with van der Waals surface area (Å²) in [4.78, 5) is 61.4. The number of nitrogens with one attached hydrogen (secondary N) is 3. The molecule has 0 bridgehead atoms. The first-order chi connectivity index (χ1) is 33.7. The van der Waals surface area contributed by atoms with Crippen molar-refractivity contribution in [2.45, 2.75) is 103 Å². The van der Waals surface area contributed by atoms with Crippen LogP contribution in [0.1, 0.15) is 80.8 Å². The number of carbonyl (C=O) groups is 5. The van der Waals surface area contributed by atoms with Gasteiger partial charge in [-0.15, -0.1) is 0 Å². The summed E-state index contributed by atoms with van der Waals surface area (Å²) in [5.41, 5.74) is 4.50. The molecule has 0 saturated carbocycles. The molecule has 0 heterocycles. The second kappa shape index (κ2) is 39.2. The fourth-order valence-electron chi connectivity index (χ4n) is 6.91. The average molecular weight is 1270 g/mol. The Kier molecular flexibility index (Phi) is 39.2. The maximum absolute atomic E-state index is 12.4. The van der Waals surface area contributed by atoms with E-state index < -0.39 is 23.4 Å². The van der Waals surface area contributed by atoms with Gasteiger partial charge in [0.05, 0.1) is 38.4 Å². The monoisotopic (exact) mass is 1270 g/mol. The number of hydrogen-bond acceptors (Lipinski definition) is 13. The standard InChI is InChI=1S/C27H32N2O4.C20H26N2O4.C7H7Br.CH2O3.HI.2K.Na.H/c1-19(17-25(30)32-5)29(18-20-11-7-6-8-12-20)24-16-15-23(21-13-9-10-14-22(21)24)28-26(31)33-27(2,3)4;1-13(12-18(23)25-5)21-16-10-11-17(15-9-7-6-8-14(15)16)22-19(24)26-20(2,3)4;8-6-7-4-2-1-3-5-7;2-1-4-3;;;;;/h6-16,19H,17-18H2,1-5H3,(H,28,31);6-11,13,21H,12H2,1-5H3,(H,22,24);1-5H,6H2;1,3H;1H;;;;/q;;;;;3*+1;-1/p-2/t19-;13-;;;;;;;/m00......./s1. The van der Waals surface area contributed by atoms with Crippen LogP contribution in [0.15, 0.2) is 133 Å². The second-order valence-electron chi connectivity index (χ2n) is 18.0. The molecule has 0 aliphatic carbocycles. The van der Waals surface area contributed by atoms with Crippen LogP contribution in [0, 0.1) is 0 Å². The number of benzene rings is 6. The zero-order chi connectivity index (χ0) is 52.6. The number of esters is 2. The van der Waals surface area contributed by atoms with Crippen LogP contribution >= 0.6 is 15.9 Å². The van der Waals surface area contributed by atoms with Crippen LogP contribution in [-0.2, 0) is 50.1 Å². The first-order valence-electron chi connectivity index (χ1n) is 22.8. The van der Waals surface area contributed by atoms with Gasteiger partial charge in [-0.2, -0.15) is 0 Å². The first kappa shape index (κ1) is 74.9. The Morgan fingerprint density at radius 2 is 0.987 bits per heavy atom. The van der Waals surface area contributed by atoms with Crippen molar-refractivity contribution in [1.82, 2.24) is 0 Å². The first-order valence-corrected chi connectivity index (χ1v) is 23.9. The molecule has 0 saturated heterocycles. The van der Waals surface area contributed by atoms with Crippen molar-refractivity contribution in [3.63, 3.8) is 0 Å². The van der Waals surface area contributed by atoms with Crippen LogP contribution in [0.4, 0.5) is 32.3 Å². The Balaban J connectivity index is -0.00000110. The Hall–Kier alpha value is -2.17. The average Bonchev–Trinajstić information content (AvgIpc) is 3.34. The van der Waals surface area contributed by atoms with Gasteiger partial charge < -0.3 is 64.7 Å². The van der Waals surface area contributed by atoms with Gasteiger partial charge in [-0.25, -0.2) is 9.59 Å². The number of alkyl halides is 1. The molecule has 0 radical (unpaired) electrons. The summed E-state index contributed by atoms with van der Waals surface area (Å²) >= 11 is 3.36. The molecule has 75 heavy (non-hydrogen) atoms. The number of methoxy groups -OCH3 is 2. The number of halogens is 2. The number of anilines is 4. The van der Waals surface area contributed by atoms with Crippen LogP contribution in [0.3, 0.4) is 0 Å². The molecule has 0 aliphatic heterocycles. The Morgan fingerprint density at radius 3 is 1.40 bits per heavy atom. The Bertz CT molecular complexity index is 2660. The van der Waals surface area contributed by atoms with Gasteiger partial charge >= 0.3 is 156 Å². The quantitative estimate of drug-likeness (QED) is 0.0191. The van der Waals surface area contributed by atoms with E-state index in [1.165, 1.54) is 19.8 Å². The molecule has 0 spiro atoms. The van der Waals surface area contributed by atoms with E-state index in [2.05, 4.69) is 65.9 Å². The molecule has 0 fully saturated rings. The molecular weight excluding hydrogens is 1200 g/mol. The fourth-order valence-corrected chi connectivity index (χ4v) is 7.29. The molecule has 0 unspecified atom stereocenters. The fraction of sp³-hybridized carbons (Fsp3) is 0.327. The van der Waals surface area contributed by atoms with E-state index in [4.69, 9.17) is 29.0 Å². The SMILES string of the molecule is BrCc1ccccc1.COC(=O)C[C@H](C)N(Cc1ccccc1)c1ccc(NC(=O)OC(C)(C)C)c2ccccc12.COC(=O)C[C@H](C)Nc1ccc(NC(=O)OC(C)(C)C)c2ccccc12.O=CO[O-].[H-].[I-].[K+].[K+].[Na+]. The van der Waals surface area contributed by atoms with Gasteiger partial charge in [-0.3, -0.25) is 25.0 Å². The zero-order valence-electron chi connectivity index (χ0n) is 46.5. The van der Waals surface area contributed by atoms with Crippen LogP contribution in [-0.4, -0.2) is 68.1 Å². The number of hydrogen-bond donors (Lipinski definition) is 3. The second-order valence-corrected chi connectivity index (χ2v) is 18.6. The summed E-state index contributed by atoms with van der Waals surface area (Å²) in [6.45, 7) is 15.3. The summed E-state index contributed by atoms with van der Waals surface area (Å²) in [6, 6.07) is 43.4. The summed E-state index contributed by atoms with van der Waals surface area (Å²) < 4.78 is 20.4. The molecule has 2 amide bonds. The van der Waals surface area contributed by atoms with Crippen LogP contribution in [0.2, 0.25) is 0 Å². The van der Waals surface area contributed by atoms with Crippen molar-refractivity contribution in [2.24, 2.45) is 0 Å². The molecule has 3 N–H and O–H groups in total. The normalized spacial score (nSPS) is 10.9. The molecule has 6 aromatic rings. The predicted molar refractivity (Wildman–Crippen MR) is 283 cm³/mol. The minimum Gasteiger partial charge on any atom is -1.00 e. The molecule has 0 aliphatic rings. The number of amides is 2. The minimum atomic E-state index is -0.588. The van der Waals surface area contributed by atoms with Crippen molar-refractivity contribution in [3.8, 4) is 0 Å². The molecule has 2 atom stereocenters. The van der Waals surface area contributed by atoms with E-state index in [0.717, 1.165) is 43.8 Å². The van der Waals surface area contributed by atoms with E-state index in [9.17, 15) is 19.2 Å². The van der Waals surface area contributed by atoms with Gasteiger partial charge in [0, 0.05) is 56.9 Å². The van der Waals surface area contributed by atoms with Crippen molar-refractivity contribution < 1.29 is 211 Å². The van der Waals surface area contributed by atoms with E-state index in [1.54, 1.807) is 0 Å². The third kappa shape index (κ3) is 28.5. The Morgan fingerprint density at radius 1 is 0.613 bits per heavy atom. The number of ether oxygens (including phenoxy) is 4. The van der Waals surface area contributed by atoms with Gasteiger partial charge in [0.25, 0.3) is 6.47 Å². The zero-order valence-corrected chi connectivity index (χ0v) is 57.4. The summed E-state index contributed by atoms with van der Waals surface area (Å²) in [7, 11) is 2.78. The maximum Gasteiger partial charge on any atom is 1.00 e. The molecule has 0 aromatic heterocycles. The third-order valence-corrected chi connectivity index (χ3v) is 10.6. The number of rotatable bonds is 14. The van der Waals surface area contributed by atoms with E-state index in [-0.39, 0.29) is 201 Å². The summed E-state index contributed by atoms with van der Waals surface area (Å²) in [5.74, 6) is -0.523. The van der Waals surface area contributed by atoms with Crippen molar-refractivity contribution >= 4 is 90.8 Å². The van der Waals surface area contributed by atoms with Gasteiger partial charge in [0.15, 0.2) is 0 Å². The van der Waals surface area contributed by atoms with E-state index >= 15 is 0 Å². The minimum absolute atomic E-state index is 0. The van der Waals surface area contributed by atoms with Gasteiger partial charge in [-0.1, -0.05) is 125 Å². The van der Waals surface area contributed by atoms with Crippen molar-refractivity contribution in [1.29, 1.82) is 0 Å². The van der Waals surface area contributed by atoms with Crippen LogP contribution < -0.4 is 182 Å². The summed E-state index contributed by atoms with van der Waals surface area (Å²) in [6.07, 6.45) is -0.471. The molecule has 390 valence electrons. The third-order valence-electron chi connectivity index (χ3n) is 9.96. The van der Waals surface area contributed by atoms with Crippen molar-refractivity contribution in [3.05, 3.63) is 145 Å².